The van der Waals surface area contributed by atoms with Crippen LogP contribution in [0.4, 0.5) is 4.79 Å². The summed E-state index contributed by atoms with van der Waals surface area (Å²) < 4.78 is 10.9. The van der Waals surface area contributed by atoms with Crippen molar-refractivity contribution < 1.29 is 14.3 Å². The molecule has 5 heteroatoms. The molecule has 0 spiro atoms. The van der Waals surface area contributed by atoms with Crippen LogP contribution in [0.3, 0.4) is 0 Å². The van der Waals surface area contributed by atoms with Crippen LogP contribution in [0.1, 0.15) is 44.2 Å². The number of amides is 2. The van der Waals surface area contributed by atoms with Gasteiger partial charge in [-0.05, 0) is 50.3 Å². The highest BCUT2D eigenvalue weighted by atomic mass is 16.5. The average Bonchev–Trinajstić information content (AvgIpc) is 3.26. The molecule has 0 unspecified atom stereocenters. The molecule has 1 aromatic rings. The standard InChI is InChI=1S/C18H26N2O3/c1-13(17-6-4-12-23-17)19-18(21)20-11-3-5-16(20)14-7-9-15(22-2)10-8-14/h7-10,13,16-17H,3-6,11-12H2,1-2H3,(H,19,21)/t13-,16-,17-/m0/s1. The largest absolute Gasteiger partial charge is 0.497 e. The first-order valence-electron chi connectivity index (χ1n) is 8.51. The fourth-order valence-electron chi connectivity index (χ4n) is 3.55. The van der Waals surface area contributed by atoms with E-state index in [1.165, 1.54) is 5.56 Å². The quantitative estimate of drug-likeness (QED) is 0.928. The van der Waals surface area contributed by atoms with E-state index in [9.17, 15) is 4.79 Å². The summed E-state index contributed by atoms with van der Waals surface area (Å²) in [4.78, 5) is 14.6. The van der Waals surface area contributed by atoms with Crippen LogP contribution in [0, 0.1) is 0 Å². The van der Waals surface area contributed by atoms with Crippen LogP contribution in [0.25, 0.3) is 0 Å². The van der Waals surface area contributed by atoms with Crippen molar-refractivity contribution in [3.05, 3.63) is 29.8 Å². The van der Waals surface area contributed by atoms with Crippen LogP contribution in [0.15, 0.2) is 24.3 Å². The molecular formula is C18H26N2O3. The second-order valence-corrected chi connectivity index (χ2v) is 6.41. The lowest BCUT2D eigenvalue weighted by atomic mass is 10.0. The van der Waals surface area contributed by atoms with Crippen molar-refractivity contribution >= 4 is 6.03 Å². The first-order valence-corrected chi connectivity index (χ1v) is 8.51. The van der Waals surface area contributed by atoms with E-state index < -0.39 is 0 Å². The minimum absolute atomic E-state index is 0.0197. The predicted octanol–water partition coefficient (Wildman–Crippen LogP) is 3.11. The number of methoxy groups -OCH3 is 1. The van der Waals surface area contributed by atoms with Crippen molar-refractivity contribution in [2.24, 2.45) is 0 Å². The molecule has 1 N–H and O–H groups in total. The number of rotatable bonds is 4. The zero-order valence-electron chi connectivity index (χ0n) is 14.0. The Kier molecular flexibility index (Phi) is 5.06. The van der Waals surface area contributed by atoms with Crippen molar-refractivity contribution in [3.8, 4) is 5.75 Å². The number of urea groups is 1. The summed E-state index contributed by atoms with van der Waals surface area (Å²) in [5.41, 5.74) is 1.17. The minimum atomic E-state index is 0.0197. The third kappa shape index (κ3) is 3.61. The molecule has 2 fully saturated rings. The van der Waals surface area contributed by atoms with E-state index >= 15 is 0 Å². The lowest BCUT2D eigenvalue weighted by Gasteiger charge is -2.28. The van der Waals surface area contributed by atoms with Crippen molar-refractivity contribution in [3.63, 3.8) is 0 Å². The summed E-state index contributed by atoms with van der Waals surface area (Å²) >= 11 is 0. The van der Waals surface area contributed by atoms with Crippen molar-refractivity contribution in [2.45, 2.75) is 50.8 Å². The van der Waals surface area contributed by atoms with Gasteiger partial charge in [-0.25, -0.2) is 4.79 Å². The molecule has 3 atom stereocenters. The Balaban J connectivity index is 1.64. The Morgan fingerprint density at radius 2 is 2.09 bits per heavy atom. The molecule has 0 radical (unpaired) electrons. The van der Waals surface area contributed by atoms with Gasteiger partial charge in [0.25, 0.3) is 0 Å². The number of nitrogens with one attached hydrogen (secondary N) is 1. The van der Waals surface area contributed by atoms with E-state index in [4.69, 9.17) is 9.47 Å². The van der Waals surface area contributed by atoms with Gasteiger partial charge in [0, 0.05) is 13.2 Å². The van der Waals surface area contributed by atoms with Crippen LogP contribution < -0.4 is 10.1 Å². The highest BCUT2D eigenvalue weighted by Gasteiger charge is 2.32. The maximum atomic E-state index is 12.7. The van der Waals surface area contributed by atoms with Gasteiger partial charge in [-0.1, -0.05) is 12.1 Å². The van der Waals surface area contributed by atoms with Gasteiger partial charge < -0.3 is 19.7 Å². The zero-order chi connectivity index (χ0) is 16.2. The van der Waals surface area contributed by atoms with Crippen molar-refractivity contribution in [1.29, 1.82) is 0 Å². The van der Waals surface area contributed by atoms with Crippen LogP contribution >= 0.6 is 0 Å². The normalized spacial score (nSPS) is 25.4. The SMILES string of the molecule is COc1ccc([C@@H]2CCCN2C(=O)N[C@@H](C)[C@@H]2CCCO2)cc1. The fourth-order valence-corrected chi connectivity index (χ4v) is 3.55. The monoisotopic (exact) mass is 318 g/mol. The molecule has 3 rings (SSSR count). The molecule has 2 aliphatic heterocycles. The zero-order valence-corrected chi connectivity index (χ0v) is 14.0. The van der Waals surface area contributed by atoms with E-state index in [0.29, 0.717) is 0 Å². The van der Waals surface area contributed by atoms with E-state index in [1.807, 2.05) is 24.0 Å². The highest BCUT2D eigenvalue weighted by Crippen LogP contribution is 2.32. The van der Waals surface area contributed by atoms with E-state index in [-0.39, 0.29) is 24.2 Å². The number of carbonyl (C=O) groups excluding carboxylic acids is 1. The number of likely N-dealkylation sites (tertiary alicyclic amines) is 1. The summed E-state index contributed by atoms with van der Waals surface area (Å²) in [5, 5.41) is 3.12. The molecule has 5 nitrogen and oxygen atoms in total. The molecule has 126 valence electrons. The third-order valence-electron chi connectivity index (χ3n) is 4.89. The molecule has 0 aromatic heterocycles. The fraction of sp³-hybridized carbons (Fsp3) is 0.611. The van der Waals surface area contributed by atoms with Gasteiger partial charge in [-0.2, -0.15) is 0 Å². The second-order valence-electron chi connectivity index (χ2n) is 6.41. The smallest absolute Gasteiger partial charge is 0.318 e. The van der Waals surface area contributed by atoms with Crippen LogP contribution in [-0.4, -0.2) is 43.3 Å². The van der Waals surface area contributed by atoms with Crippen molar-refractivity contribution in [1.82, 2.24) is 10.2 Å². The number of benzene rings is 1. The number of carbonyl (C=O) groups is 1. The Bertz CT molecular complexity index is 526. The number of ether oxygens (including phenoxy) is 2. The van der Waals surface area contributed by atoms with E-state index in [0.717, 1.165) is 44.6 Å². The molecule has 2 saturated heterocycles. The highest BCUT2D eigenvalue weighted by molar-refractivity contribution is 5.75. The molecule has 0 bridgehead atoms. The molecule has 1 aromatic carbocycles. The molecule has 23 heavy (non-hydrogen) atoms. The lowest BCUT2D eigenvalue weighted by molar-refractivity contribution is 0.0829. The topological polar surface area (TPSA) is 50.8 Å². The second kappa shape index (κ2) is 7.21. The average molecular weight is 318 g/mol. The summed E-state index contributed by atoms with van der Waals surface area (Å²) in [5.74, 6) is 0.842. The van der Waals surface area contributed by atoms with E-state index in [1.54, 1.807) is 7.11 Å². The molecule has 0 saturated carbocycles. The van der Waals surface area contributed by atoms with Crippen molar-refractivity contribution in [2.75, 3.05) is 20.3 Å². The van der Waals surface area contributed by atoms with Gasteiger partial charge >= 0.3 is 6.03 Å². The van der Waals surface area contributed by atoms with Gasteiger partial charge in [0.05, 0.1) is 25.3 Å². The number of hydrogen-bond acceptors (Lipinski definition) is 3. The summed E-state index contributed by atoms with van der Waals surface area (Å²) in [6, 6.07) is 8.25. The minimum Gasteiger partial charge on any atom is -0.497 e. The Morgan fingerprint density at radius 3 is 2.74 bits per heavy atom. The van der Waals surface area contributed by atoms with Gasteiger partial charge in [-0.15, -0.1) is 0 Å². The Hall–Kier alpha value is -1.75. The maximum Gasteiger partial charge on any atom is 0.318 e. The molecule has 2 aliphatic rings. The lowest BCUT2D eigenvalue weighted by Crippen LogP contribution is -2.47. The molecule has 0 aliphatic carbocycles. The number of nitrogens with zero attached hydrogens (tertiary/aromatic N) is 1. The summed E-state index contributed by atoms with van der Waals surface area (Å²) in [7, 11) is 1.66. The Morgan fingerprint density at radius 1 is 1.30 bits per heavy atom. The molecular weight excluding hydrogens is 292 g/mol. The molecule has 2 amide bonds. The van der Waals surface area contributed by atoms with E-state index in [2.05, 4.69) is 17.4 Å². The first kappa shape index (κ1) is 16.1. The van der Waals surface area contributed by atoms with Crippen LogP contribution in [-0.2, 0) is 4.74 Å². The predicted molar refractivity (Wildman–Crippen MR) is 88.6 cm³/mol. The summed E-state index contributed by atoms with van der Waals surface area (Å²) in [6.07, 6.45) is 4.32. The Labute approximate surface area is 137 Å². The van der Waals surface area contributed by atoms with Crippen LogP contribution in [0.5, 0.6) is 5.75 Å². The number of hydrogen-bond donors (Lipinski definition) is 1. The summed E-state index contributed by atoms with van der Waals surface area (Å²) in [6.45, 7) is 3.65. The van der Waals surface area contributed by atoms with Gasteiger partial charge in [0.1, 0.15) is 5.75 Å². The van der Waals surface area contributed by atoms with Gasteiger partial charge in [-0.3, -0.25) is 0 Å². The van der Waals surface area contributed by atoms with Crippen LogP contribution in [0.2, 0.25) is 0 Å². The molecule has 2 heterocycles. The van der Waals surface area contributed by atoms with Gasteiger partial charge in [0.15, 0.2) is 0 Å². The first-order chi connectivity index (χ1) is 11.2. The van der Waals surface area contributed by atoms with Gasteiger partial charge in [0.2, 0.25) is 0 Å². The third-order valence-corrected chi connectivity index (χ3v) is 4.89. The maximum absolute atomic E-state index is 12.7.